The molecule has 1 saturated carbocycles. The Kier molecular flexibility index (Phi) is 1.65. The van der Waals surface area contributed by atoms with Gasteiger partial charge in [-0.2, -0.15) is 0 Å². The summed E-state index contributed by atoms with van der Waals surface area (Å²) in [5.41, 5.74) is -0.149. The number of hydrogen-bond donors (Lipinski definition) is 0. The van der Waals surface area contributed by atoms with Crippen molar-refractivity contribution in [1.82, 2.24) is 0 Å². The van der Waals surface area contributed by atoms with Gasteiger partial charge in [0.25, 0.3) is 0 Å². The van der Waals surface area contributed by atoms with Crippen molar-refractivity contribution in [3.05, 3.63) is 0 Å². The van der Waals surface area contributed by atoms with Gasteiger partial charge in [-0.3, -0.25) is 0 Å². The van der Waals surface area contributed by atoms with Crippen LogP contribution in [0.2, 0.25) is 0 Å². The number of hydrogen-bond acceptors (Lipinski definition) is 0. The summed E-state index contributed by atoms with van der Waals surface area (Å²) in [6, 6.07) is 0. The van der Waals surface area contributed by atoms with Crippen LogP contribution in [0.5, 0.6) is 0 Å². The molecule has 0 heteroatoms. The lowest BCUT2D eigenvalue weighted by Crippen LogP contribution is -2.20. The molecule has 1 aliphatic carbocycles. The molecule has 10 heavy (non-hydrogen) atoms. The molecule has 0 aromatic rings. The van der Waals surface area contributed by atoms with Crippen LogP contribution in [-0.2, 0) is 0 Å². The van der Waals surface area contributed by atoms with Gasteiger partial charge in [0.05, 0.1) is 0 Å². The van der Waals surface area contributed by atoms with Crippen molar-refractivity contribution < 1.29 is 2.74 Å². The van der Waals surface area contributed by atoms with Gasteiger partial charge < -0.3 is 0 Å². The Bertz CT molecular complexity index is 150. The standard InChI is InChI=1S/C10H20/c1-4-10(2,3)9-7-5-6-8-9/h9H,4-8H2,1-3H3/i4D2. The van der Waals surface area contributed by atoms with E-state index in [4.69, 9.17) is 2.74 Å². The van der Waals surface area contributed by atoms with Crippen molar-refractivity contribution in [3.8, 4) is 0 Å². The zero-order valence-corrected chi connectivity index (χ0v) is 7.41. The molecule has 0 aliphatic heterocycles. The zero-order valence-electron chi connectivity index (χ0n) is 9.41. The molecule has 0 saturated heterocycles. The first kappa shape index (κ1) is 5.62. The van der Waals surface area contributed by atoms with Gasteiger partial charge in [-0.25, -0.2) is 0 Å². The van der Waals surface area contributed by atoms with E-state index >= 15 is 0 Å². The largest absolute Gasteiger partial charge is 0.0649 e. The number of rotatable bonds is 2. The van der Waals surface area contributed by atoms with E-state index in [1.165, 1.54) is 25.7 Å². The van der Waals surface area contributed by atoms with Crippen molar-refractivity contribution in [2.75, 3.05) is 0 Å². The van der Waals surface area contributed by atoms with E-state index in [2.05, 4.69) is 13.8 Å². The lowest BCUT2D eigenvalue weighted by atomic mass is 9.76. The van der Waals surface area contributed by atoms with Gasteiger partial charge in [0, 0.05) is 2.74 Å². The average molecular weight is 142 g/mol. The predicted molar refractivity (Wildman–Crippen MR) is 46.0 cm³/mol. The zero-order chi connectivity index (χ0) is 9.41. The molecule has 0 unspecified atom stereocenters. The van der Waals surface area contributed by atoms with Crippen LogP contribution in [0.4, 0.5) is 0 Å². The van der Waals surface area contributed by atoms with Gasteiger partial charge >= 0.3 is 0 Å². The highest BCUT2D eigenvalue weighted by Gasteiger charge is 2.29. The normalized spacial score (nSPS) is 26.3. The second kappa shape index (κ2) is 2.94. The first-order valence-corrected chi connectivity index (χ1v) is 4.36. The first-order valence-electron chi connectivity index (χ1n) is 5.36. The highest BCUT2D eigenvalue weighted by Crippen LogP contribution is 2.41. The van der Waals surface area contributed by atoms with E-state index in [9.17, 15) is 0 Å². The van der Waals surface area contributed by atoms with Gasteiger partial charge in [-0.15, -0.1) is 0 Å². The fourth-order valence-electron chi connectivity index (χ4n) is 1.85. The van der Waals surface area contributed by atoms with Crippen molar-refractivity contribution in [3.63, 3.8) is 0 Å². The first-order chi connectivity index (χ1) is 5.36. The van der Waals surface area contributed by atoms with Crippen LogP contribution in [-0.4, -0.2) is 0 Å². The third-order valence-electron chi connectivity index (χ3n) is 3.02. The fraction of sp³-hybridized carbons (Fsp3) is 1.00. The molecule has 0 spiro atoms. The summed E-state index contributed by atoms with van der Waals surface area (Å²) < 4.78 is 15.5. The van der Waals surface area contributed by atoms with Crippen LogP contribution in [0.15, 0.2) is 0 Å². The van der Waals surface area contributed by atoms with Crippen LogP contribution in [0.3, 0.4) is 0 Å². The highest BCUT2D eigenvalue weighted by atomic mass is 14.3. The maximum atomic E-state index is 7.77. The molecule has 0 radical (unpaired) electrons. The fourth-order valence-corrected chi connectivity index (χ4v) is 1.85. The van der Waals surface area contributed by atoms with Crippen molar-refractivity contribution >= 4 is 0 Å². The summed E-state index contributed by atoms with van der Waals surface area (Å²) in [4.78, 5) is 0. The monoisotopic (exact) mass is 142 g/mol. The van der Waals surface area contributed by atoms with Crippen molar-refractivity contribution in [2.45, 2.75) is 52.8 Å². The van der Waals surface area contributed by atoms with E-state index in [0.717, 1.165) is 0 Å². The Morgan fingerprint density at radius 3 is 2.30 bits per heavy atom. The predicted octanol–water partition coefficient (Wildman–Crippen LogP) is 3.61. The third-order valence-corrected chi connectivity index (χ3v) is 3.02. The molecule has 1 rings (SSSR count). The molecular formula is C10H20. The molecule has 0 N–H and O–H groups in total. The second-order valence-corrected chi connectivity index (χ2v) is 3.95. The van der Waals surface area contributed by atoms with Crippen molar-refractivity contribution in [2.24, 2.45) is 11.3 Å². The summed E-state index contributed by atoms with van der Waals surface area (Å²) in [7, 11) is 0. The van der Waals surface area contributed by atoms with E-state index in [0.29, 0.717) is 5.92 Å². The lowest BCUT2D eigenvalue weighted by Gasteiger charge is -2.30. The minimum absolute atomic E-state index is 0.149. The average Bonchev–Trinajstić information content (AvgIpc) is 2.34. The summed E-state index contributed by atoms with van der Waals surface area (Å²) in [6.45, 7) is 5.86. The van der Waals surface area contributed by atoms with Gasteiger partial charge in [-0.05, 0) is 24.2 Å². The SMILES string of the molecule is [2H]C([2H])(C)C(C)(C)C1CCCC1. The second-order valence-electron chi connectivity index (χ2n) is 3.95. The Labute approximate surface area is 67.8 Å². The van der Waals surface area contributed by atoms with Crippen LogP contribution in [0, 0.1) is 11.3 Å². The minimum Gasteiger partial charge on any atom is -0.0649 e. The molecule has 1 fully saturated rings. The molecule has 0 aromatic heterocycles. The van der Waals surface area contributed by atoms with Crippen LogP contribution in [0.25, 0.3) is 0 Å². The van der Waals surface area contributed by atoms with Gasteiger partial charge in [-0.1, -0.05) is 40.0 Å². The molecule has 0 bridgehead atoms. The molecule has 0 heterocycles. The van der Waals surface area contributed by atoms with Gasteiger partial charge in [0.15, 0.2) is 0 Å². The molecule has 1 aliphatic rings. The lowest BCUT2D eigenvalue weighted by molar-refractivity contribution is 0.208. The van der Waals surface area contributed by atoms with Crippen LogP contribution >= 0.6 is 0 Å². The quantitative estimate of drug-likeness (QED) is 0.552. The Morgan fingerprint density at radius 2 is 1.90 bits per heavy atom. The minimum atomic E-state index is -1.04. The van der Waals surface area contributed by atoms with Crippen LogP contribution in [0.1, 0.15) is 55.6 Å². The smallest absolute Gasteiger partial charge is 0.0269 e. The Hall–Kier alpha value is 0. The van der Waals surface area contributed by atoms with Crippen LogP contribution < -0.4 is 0 Å². The summed E-state index contributed by atoms with van der Waals surface area (Å²) in [5, 5.41) is 0. The Morgan fingerprint density at radius 1 is 1.40 bits per heavy atom. The highest BCUT2D eigenvalue weighted by molar-refractivity contribution is 4.80. The molecule has 0 aromatic carbocycles. The van der Waals surface area contributed by atoms with Crippen molar-refractivity contribution in [1.29, 1.82) is 0 Å². The maximum Gasteiger partial charge on any atom is 0.0269 e. The maximum absolute atomic E-state index is 7.77. The van der Waals surface area contributed by atoms with E-state index in [1.54, 1.807) is 6.92 Å². The van der Waals surface area contributed by atoms with E-state index in [1.807, 2.05) is 0 Å². The third kappa shape index (κ3) is 1.53. The summed E-state index contributed by atoms with van der Waals surface area (Å²) >= 11 is 0. The van der Waals surface area contributed by atoms with Gasteiger partial charge in [0.2, 0.25) is 0 Å². The van der Waals surface area contributed by atoms with Gasteiger partial charge in [0.1, 0.15) is 0 Å². The topological polar surface area (TPSA) is 0 Å². The molecule has 0 nitrogen and oxygen atoms in total. The Balaban J connectivity index is 2.69. The molecule has 60 valence electrons. The van der Waals surface area contributed by atoms with E-state index < -0.39 is 6.37 Å². The molecular weight excluding hydrogens is 120 g/mol. The molecule has 0 atom stereocenters. The summed E-state index contributed by atoms with van der Waals surface area (Å²) in [5.74, 6) is 0.595. The summed E-state index contributed by atoms with van der Waals surface area (Å²) in [6.07, 6.45) is 4.00. The molecule has 0 amide bonds. The van der Waals surface area contributed by atoms with E-state index in [-0.39, 0.29) is 5.41 Å².